The predicted octanol–water partition coefficient (Wildman–Crippen LogP) is 14.8. The van der Waals surface area contributed by atoms with E-state index < -0.39 is 0 Å². The molecule has 0 spiro atoms. The Bertz CT molecular complexity index is 3590. The lowest BCUT2D eigenvalue weighted by atomic mass is 9.92. The fourth-order valence-corrected chi connectivity index (χ4v) is 8.69. The molecule has 12 rings (SSSR count). The predicted molar refractivity (Wildman–Crippen MR) is 245 cm³/mol. The molecule has 5 nitrogen and oxygen atoms in total. The van der Waals surface area contributed by atoms with Gasteiger partial charge in [0.2, 0.25) is 0 Å². The van der Waals surface area contributed by atoms with E-state index in [9.17, 15) is 0 Å². The van der Waals surface area contributed by atoms with E-state index in [1.54, 1.807) is 0 Å². The Kier molecular flexibility index (Phi) is 7.78. The summed E-state index contributed by atoms with van der Waals surface area (Å²) in [6.07, 6.45) is 0. The Balaban J connectivity index is 0.997. The van der Waals surface area contributed by atoms with Crippen molar-refractivity contribution < 1.29 is 8.83 Å². The summed E-state index contributed by atoms with van der Waals surface area (Å²) in [4.78, 5) is 15.1. The molecule has 0 radical (unpaired) electrons. The van der Waals surface area contributed by atoms with Crippen molar-refractivity contribution in [2.45, 2.75) is 0 Å². The van der Waals surface area contributed by atoms with Crippen LogP contribution >= 0.6 is 0 Å². The van der Waals surface area contributed by atoms with Gasteiger partial charge in [-0.3, -0.25) is 0 Å². The van der Waals surface area contributed by atoms with Gasteiger partial charge >= 0.3 is 0 Å². The van der Waals surface area contributed by atoms with E-state index in [1.165, 1.54) is 0 Å². The van der Waals surface area contributed by atoms with Crippen molar-refractivity contribution in [1.29, 1.82) is 0 Å². The van der Waals surface area contributed by atoms with Crippen molar-refractivity contribution in [3.8, 4) is 67.5 Å². The molecule has 0 saturated heterocycles. The number of aromatic nitrogens is 3. The van der Waals surface area contributed by atoms with Crippen LogP contribution in [-0.4, -0.2) is 15.0 Å². The largest absolute Gasteiger partial charge is 0.455 e. The molecule has 3 aromatic heterocycles. The summed E-state index contributed by atoms with van der Waals surface area (Å²) in [6, 6.07) is 69.1. The summed E-state index contributed by atoms with van der Waals surface area (Å²) in [5.41, 5.74) is 12.8. The van der Waals surface area contributed by atoms with Crippen LogP contribution in [0.4, 0.5) is 0 Å². The van der Waals surface area contributed by atoms with E-state index >= 15 is 0 Å². The fraction of sp³-hybridized carbons (Fsp3) is 0. The van der Waals surface area contributed by atoms with Gasteiger partial charge in [-0.05, 0) is 57.5 Å². The molecule has 0 aliphatic carbocycles. The van der Waals surface area contributed by atoms with Crippen LogP contribution in [0, 0.1) is 0 Å². The minimum Gasteiger partial charge on any atom is -0.455 e. The van der Waals surface area contributed by atoms with E-state index in [4.69, 9.17) is 23.8 Å². The van der Waals surface area contributed by atoms with E-state index in [2.05, 4.69) is 152 Å². The Hall–Kier alpha value is -8.15. The van der Waals surface area contributed by atoms with E-state index in [0.717, 1.165) is 105 Å². The first-order valence-electron chi connectivity index (χ1n) is 20.1. The number of benzene rings is 9. The highest BCUT2D eigenvalue weighted by molar-refractivity contribution is 6.23. The Morgan fingerprint density at radius 3 is 1.55 bits per heavy atom. The molecule has 280 valence electrons. The summed E-state index contributed by atoms with van der Waals surface area (Å²) in [5, 5.41) is 6.51. The monoisotopic (exact) mass is 767 g/mol. The van der Waals surface area contributed by atoms with Crippen LogP contribution in [0.3, 0.4) is 0 Å². The molecule has 0 bridgehead atoms. The number of hydrogen-bond acceptors (Lipinski definition) is 5. The maximum atomic E-state index is 6.74. The van der Waals surface area contributed by atoms with E-state index in [-0.39, 0.29) is 0 Å². The molecule has 0 saturated carbocycles. The first-order chi connectivity index (χ1) is 29.7. The summed E-state index contributed by atoms with van der Waals surface area (Å²) in [6.45, 7) is 0. The average Bonchev–Trinajstić information content (AvgIpc) is 3.91. The third kappa shape index (κ3) is 5.59. The number of rotatable bonds is 6. The topological polar surface area (TPSA) is 65.0 Å². The third-order valence-corrected chi connectivity index (χ3v) is 11.5. The molecule has 9 aromatic carbocycles. The zero-order chi connectivity index (χ0) is 39.6. The summed E-state index contributed by atoms with van der Waals surface area (Å²) >= 11 is 0. The van der Waals surface area contributed by atoms with Gasteiger partial charge in [-0.25, -0.2) is 15.0 Å². The van der Waals surface area contributed by atoms with Gasteiger partial charge in [-0.15, -0.1) is 0 Å². The van der Waals surface area contributed by atoms with Crippen LogP contribution in [0.15, 0.2) is 209 Å². The SMILES string of the molecule is c1ccc(-c2cccc(-c3nc(-c4ccccc4)nc(-c4ccc(-c5cccc6oc7c8ccccc8c(-c8cccc9c8oc8ccccc89)cc7c56)cc4)n3)c2)cc1. The molecule has 60 heavy (non-hydrogen) atoms. The van der Waals surface area contributed by atoms with E-state index in [0.29, 0.717) is 17.5 Å². The minimum atomic E-state index is 0.610. The zero-order valence-corrected chi connectivity index (χ0v) is 32.2. The van der Waals surface area contributed by atoms with Crippen LogP contribution in [0.5, 0.6) is 0 Å². The van der Waals surface area contributed by atoms with Crippen molar-refractivity contribution in [3.63, 3.8) is 0 Å². The van der Waals surface area contributed by atoms with Crippen LogP contribution in [0.25, 0.3) is 122 Å². The highest BCUT2D eigenvalue weighted by atomic mass is 16.3. The van der Waals surface area contributed by atoms with Crippen molar-refractivity contribution in [2.24, 2.45) is 0 Å². The smallest absolute Gasteiger partial charge is 0.164 e. The van der Waals surface area contributed by atoms with Gasteiger partial charge < -0.3 is 8.83 Å². The third-order valence-electron chi connectivity index (χ3n) is 11.5. The first kappa shape index (κ1) is 33.9. The van der Waals surface area contributed by atoms with Gasteiger partial charge in [0.05, 0.1) is 0 Å². The highest BCUT2D eigenvalue weighted by Gasteiger charge is 2.21. The van der Waals surface area contributed by atoms with Crippen LogP contribution < -0.4 is 0 Å². The number of fused-ring (bicyclic) bond motifs is 8. The first-order valence-corrected chi connectivity index (χ1v) is 20.1. The molecule has 5 heteroatoms. The number of para-hydroxylation sites is 2. The molecule has 0 unspecified atom stereocenters. The van der Waals surface area contributed by atoms with Crippen molar-refractivity contribution in [3.05, 3.63) is 200 Å². The number of furan rings is 2. The van der Waals surface area contributed by atoms with Crippen LogP contribution in [-0.2, 0) is 0 Å². The zero-order valence-electron chi connectivity index (χ0n) is 32.2. The molecular weight excluding hydrogens is 735 g/mol. The van der Waals surface area contributed by atoms with Gasteiger partial charge in [0.25, 0.3) is 0 Å². The lowest BCUT2D eigenvalue weighted by molar-refractivity contribution is 0.670. The van der Waals surface area contributed by atoms with Gasteiger partial charge in [0.1, 0.15) is 22.3 Å². The summed E-state index contributed by atoms with van der Waals surface area (Å²) < 4.78 is 13.3. The highest BCUT2D eigenvalue weighted by Crippen LogP contribution is 2.45. The van der Waals surface area contributed by atoms with Crippen molar-refractivity contribution >= 4 is 54.6 Å². The standard InChI is InChI=1S/C55H33N3O2/c1-3-14-34(15-4-1)38-18-11-19-39(32-38)55-57-53(36-16-5-2-6-17-36)56-54(58-55)37-30-28-35(29-31-37)40-23-13-27-49-50(40)47-33-46(41-20-7-8-22-43(41)52(47)60-49)45-25-12-24-44-42-21-9-10-26-48(42)59-51(44)45/h1-33H. The number of hydrogen-bond donors (Lipinski definition) is 0. The molecular formula is C55H33N3O2. The van der Waals surface area contributed by atoms with Gasteiger partial charge in [0.15, 0.2) is 17.5 Å². The lowest BCUT2D eigenvalue weighted by Gasteiger charge is -2.11. The maximum absolute atomic E-state index is 6.74. The quantitative estimate of drug-likeness (QED) is 0.169. The van der Waals surface area contributed by atoms with Gasteiger partial charge in [-0.1, -0.05) is 176 Å². The molecule has 0 aliphatic heterocycles. The molecule has 0 amide bonds. The molecule has 0 aliphatic rings. The second-order valence-electron chi connectivity index (χ2n) is 15.1. The van der Waals surface area contributed by atoms with Crippen LogP contribution in [0.1, 0.15) is 0 Å². The Morgan fingerprint density at radius 1 is 0.267 bits per heavy atom. The fourth-order valence-electron chi connectivity index (χ4n) is 8.69. The molecule has 3 heterocycles. The molecule has 0 N–H and O–H groups in total. The lowest BCUT2D eigenvalue weighted by Crippen LogP contribution is -2.00. The summed E-state index contributed by atoms with van der Waals surface area (Å²) in [7, 11) is 0. The molecule has 0 fully saturated rings. The average molecular weight is 768 g/mol. The summed E-state index contributed by atoms with van der Waals surface area (Å²) in [5.74, 6) is 1.86. The van der Waals surface area contributed by atoms with Gasteiger partial charge in [-0.2, -0.15) is 0 Å². The normalized spacial score (nSPS) is 11.7. The maximum Gasteiger partial charge on any atom is 0.164 e. The van der Waals surface area contributed by atoms with Crippen LogP contribution in [0.2, 0.25) is 0 Å². The second kappa shape index (κ2) is 13.8. The Morgan fingerprint density at radius 2 is 0.767 bits per heavy atom. The second-order valence-corrected chi connectivity index (χ2v) is 15.1. The molecule has 0 atom stereocenters. The Labute approximate surface area is 344 Å². The van der Waals surface area contributed by atoms with Crippen molar-refractivity contribution in [2.75, 3.05) is 0 Å². The van der Waals surface area contributed by atoms with Gasteiger partial charge in [0, 0.05) is 49.2 Å². The van der Waals surface area contributed by atoms with E-state index in [1.807, 2.05) is 48.5 Å². The number of nitrogens with zero attached hydrogens (tertiary/aromatic N) is 3. The van der Waals surface area contributed by atoms with Crippen molar-refractivity contribution in [1.82, 2.24) is 15.0 Å². The molecule has 12 aromatic rings. The minimum absolute atomic E-state index is 0.610.